The van der Waals surface area contributed by atoms with Crippen LogP contribution in [0.5, 0.6) is 0 Å². The topological polar surface area (TPSA) is 75.3 Å². The summed E-state index contributed by atoms with van der Waals surface area (Å²) in [5.74, 6) is -0.839. The van der Waals surface area contributed by atoms with Crippen LogP contribution in [0, 0.1) is 6.92 Å². The quantitative estimate of drug-likeness (QED) is 0.541. The van der Waals surface area contributed by atoms with E-state index in [1.54, 1.807) is 42.5 Å². The molecule has 0 radical (unpaired) electrons. The molecular weight excluding hydrogens is 411 g/mol. The van der Waals surface area contributed by atoms with Crippen LogP contribution in [0.2, 0.25) is 10.0 Å². The van der Waals surface area contributed by atoms with Gasteiger partial charge in [-0.05, 0) is 43.3 Å². The molecule has 29 heavy (non-hydrogen) atoms. The number of imide groups is 1. The molecule has 3 amide bonds. The van der Waals surface area contributed by atoms with Crippen molar-refractivity contribution in [2.24, 2.45) is 0 Å². The lowest BCUT2D eigenvalue weighted by molar-refractivity contribution is 0.0966. The third kappa shape index (κ3) is 5.02. The van der Waals surface area contributed by atoms with Crippen LogP contribution in [0.3, 0.4) is 0 Å². The second kappa shape index (κ2) is 8.90. The number of ketones is 1. The van der Waals surface area contributed by atoms with E-state index >= 15 is 0 Å². The second-order valence-corrected chi connectivity index (χ2v) is 7.09. The number of halogens is 2. The van der Waals surface area contributed by atoms with Gasteiger partial charge in [0, 0.05) is 16.8 Å². The Bertz CT molecular complexity index is 1060. The normalized spacial score (nSPS) is 10.3. The average molecular weight is 427 g/mol. The molecule has 7 heteroatoms. The zero-order valence-corrected chi connectivity index (χ0v) is 16.8. The van der Waals surface area contributed by atoms with Crippen LogP contribution in [0.25, 0.3) is 0 Å². The van der Waals surface area contributed by atoms with E-state index in [0.29, 0.717) is 16.8 Å². The molecule has 0 heterocycles. The Labute approximate surface area is 177 Å². The summed E-state index contributed by atoms with van der Waals surface area (Å²) in [5, 5.41) is 4.98. The number of nitrogens with one attached hydrogen (secondary N) is 2. The fraction of sp³-hybridized carbons (Fsp3) is 0.0455. The number of carbonyl (C=O) groups excluding carboxylic acids is 3. The lowest BCUT2D eigenvalue weighted by atomic mass is 10.0. The van der Waals surface area contributed by atoms with Gasteiger partial charge in [-0.2, -0.15) is 0 Å². The van der Waals surface area contributed by atoms with Gasteiger partial charge in [0.15, 0.2) is 5.78 Å². The maximum atomic E-state index is 12.5. The number of benzene rings is 3. The first-order valence-corrected chi connectivity index (χ1v) is 9.38. The van der Waals surface area contributed by atoms with E-state index < -0.39 is 11.9 Å². The van der Waals surface area contributed by atoms with Crippen molar-refractivity contribution < 1.29 is 14.4 Å². The Morgan fingerprint density at radius 3 is 1.83 bits per heavy atom. The van der Waals surface area contributed by atoms with E-state index in [4.69, 9.17) is 23.2 Å². The van der Waals surface area contributed by atoms with Crippen LogP contribution in [-0.2, 0) is 0 Å². The Hall–Kier alpha value is -3.15. The van der Waals surface area contributed by atoms with Gasteiger partial charge in [-0.15, -0.1) is 0 Å². The number of carbonyl (C=O) groups is 3. The SMILES string of the molecule is Cc1ccc(C(=O)c2ccc(NC(=O)NC(=O)c3c(Cl)cccc3Cl)cc2)cc1. The molecule has 0 atom stereocenters. The minimum Gasteiger partial charge on any atom is -0.308 e. The third-order valence-corrected chi connectivity index (χ3v) is 4.77. The molecule has 3 rings (SSSR count). The standard InChI is InChI=1S/C22H16Cl2N2O3/c1-13-5-7-14(8-6-13)20(27)15-9-11-16(12-10-15)25-22(29)26-21(28)19-17(23)3-2-4-18(19)24/h2-12H,1H3,(H2,25,26,28,29). The van der Waals surface area contributed by atoms with Crippen LogP contribution in [0.4, 0.5) is 10.5 Å². The van der Waals surface area contributed by atoms with Crippen molar-refractivity contribution in [1.82, 2.24) is 5.32 Å². The minimum atomic E-state index is -0.747. The summed E-state index contributed by atoms with van der Waals surface area (Å²) in [6, 6.07) is 17.5. The predicted molar refractivity (Wildman–Crippen MR) is 114 cm³/mol. The van der Waals surface area contributed by atoms with Crippen molar-refractivity contribution in [2.75, 3.05) is 5.32 Å². The van der Waals surface area contributed by atoms with Gasteiger partial charge < -0.3 is 5.32 Å². The average Bonchev–Trinajstić information content (AvgIpc) is 2.68. The highest BCUT2D eigenvalue weighted by atomic mass is 35.5. The first kappa shape index (κ1) is 20.6. The number of rotatable bonds is 4. The molecule has 0 unspecified atom stereocenters. The van der Waals surface area contributed by atoms with Gasteiger partial charge in [0.25, 0.3) is 5.91 Å². The molecule has 5 nitrogen and oxygen atoms in total. The molecule has 2 N–H and O–H groups in total. The molecule has 0 saturated heterocycles. The molecule has 146 valence electrons. The van der Waals surface area contributed by atoms with Crippen molar-refractivity contribution in [3.8, 4) is 0 Å². The molecule has 0 saturated carbocycles. The molecule has 0 fully saturated rings. The zero-order chi connectivity index (χ0) is 21.0. The highest BCUT2D eigenvalue weighted by Gasteiger charge is 2.17. The van der Waals surface area contributed by atoms with Crippen LogP contribution in [0.15, 0.2) is 66.7 Å². The smallest absolute Gasteiger partial charge is 0.308 e. The first-order chi connectivity index (χ1) is 13.8. The maximum Gasteiger partial charge on any atom is 0.326 e. The lowest BCUT2D eigenvalue weighted by Crippen LogP contribution is -2.34. The summed E-state index contributed by atoms with van der Waals surface area (Å²) < 4.78 is 0. The van der Waals surface area contributed by atoms with Crippen LogP contribution >= 0.6 is 23.2 Å². The van der Waals surface area contributed by atoms with Gasteiger partial charge in [0.05, 0.1) is 15.6 Å². The highest BCUT2D eigenvalue weighted by Crippen LogP contribution is 2.24. The number of hydrogen-bond acceptors (Lipinski definition) is 3. The van der Waals surface area contributed by atoms with Gasteiger partial charge in [-0.3, -0.25) is 14.9 Å². The van der Waals surface area contributed by atoms with Gasteiger partial charge >= 0.3 is 6.03 Å². The monoisotopic (exact) mass is 426 g/mol. The Kier molecular flexibility index (Phi) is 6.32. The molecule has 0 aromatic heterocycles. The number of amides is 3. The molecule has 0 aliphatic heterocycles. The third-order valence-electron chi connectivity index (χ3n) is 4.14. The Balaban J connectivity index is 1.65. The first-order valence-electron chi connectivity index (χ1n) is 8.63. The van der Waals surface area contributed by atoms with Crippen molar-refractivity contribution in [3.05, 3.63) is 99.0 Å². The number of urea groups is 1. The van der Waals surface area contributed by atoms with Gasteiger partial charge in [0.2, 0.25) is 0 Å². The zero-order valence-electron chi connectivity index (χ0n) is 15.3. The summed E-state index contributed by atoms with van der Waals surface area (Å²) in [4.78, 5) is 36.8. The minimum absolute atomic E-state index is 0.0185. The highest BCUT2D eigenvalue weighted by molar-refractivity contribution is 6.40. The van der Waals surface area contributed by atoms with Crippen LogP contribution in [0.1, 0.15) is 31.8 Å². The maximum absolute atomic E-state index is 12.5. The van der Waals surface area contributed by atoms with Crippen molar-refractivity contribution in [1.29, 1.82) is 0 Å². The van der Waals surface area contributed by atoms with Gasteiger partial charge in [-0.25, -0.2) is 4.79 Å². The van der Waals surface area contributed by atoms with Crippen LogP contribution < -0.4 is 10.6 Å². The Morgan fingerprint density at radius 1 is 0.759 bits per heavy atom. The summed E-state index contributed by atoms with van der Waals surface area (Å²) in [6.07, 6.45) is 0. The second-order valence-electron chi connectivity index (χ2n) is 6.28. The van der Waals surface area contributed by atoms with Crippen LogP contribution in [-0.4, -0.2) is 17.7 Å². The van der Waals surface area contributed by atoms with Crippen molar-refractivity contribution in [3.63, 3.8) is 0 Å². The fourth-order valence-electron chi connectivity index (χ4n) is 2.62. The molecule has 0 bridgehead atoms. The van der Waals surface area contributed by atoms with E-state index in [2.05, 4.69) is 10.6 Å². The van der Waals surface area contributed by atoms with Gasteiger partial charge in [-0.1, -0.05) is 59.1 Å². The lowest BCUT2D eigenvalue weighted by Gasteiger charge is -2.09. The molecule has 0 aliphatic carbocycles. The fourth-order valence-corrected chi connectivity index (χ4v) is 3.19. The van der Waals surface area contributed by atoms with E-state index in [1.807, 2.05) is 19.1 Å². The van der Waals surface area contributed by atoms with Gasteiger partial charge in [0.1, 0.15) is 0 Å². The van der Waals surface area contributed by atoms with Crippen molar-refractivity contribution >= 4 is 46.6 Å². The predicted octanol–water partition coefficient (Wildman–Crippen LogP) is 5.49. The number of aryl methyl sites for hydroxylation is 1. The van der Waals surface area contributed by atoms with E-state index in [1.165, 1.54) is 12.1 Å². The molecular formula is C22H16Cl2N2O3. The van der Waals surface area contributed by atoms with E-state index in [0.717, 1.165) is 5.56 Å². The van der Waals surface area contributed by atoms with Crippen molar-refractivity contribution in [2.45, 2.75) is 6.92 Å². The number of anilines is 1. The summed E-state index contributed by atoms with van der Waals surface area (Å²) in [6.45, 7) is 1.95. The molecule has 0 spiro atoms. The summed E-state index contributed by atoms with van der Waals surface area (Å²) >= 11 is 11.9. The van der Waals surface area contributed by atoms with E-state index in [9.17, 15) is 14.4 Å². The summed E-state index contributed by atoms with van der Waals surface area (Å²) in [5.41, 5.74) is 2.57. The molecule has 3 aromatic carbocycles. The van der Waals surface area contributed by atoms with E-state index in [-0.39, 0.29) is 21.4 Å². The molecule has 3 aromatic rings. The largest absolute Gasteiger partial charge is 0.326 e. The summed E-state index contributed by atoms with van der Waals surface area (Å²) in [7, 11) is 0. The number of hydrogen-bond donors (Lipinski definition) is 2. The molecule has 0 aliphatic rings. The Morgan fingerprint density at radius 2 is 1.28 bits per heavy atom.